The predicted molar refractivity (Wildman–Crippen MR) is 98.7 cm³/mol. The van der Waals surface area contributed by atoms with Crippen molar-refractivity contribution in [3.8, 4) is 0 Å². The van der Waals surface area contributed by atoms with E-state index < -0.39 is 0 Å². The second-order valence-electron chi connectivity index (χ2n) is 5.96. The molecular weight excluding hydrogens is 294 g/mol. The molecule has 0 saturated heterocycles. The van der Waals surface area contributed by atoms with Gasteiger partial charge in [-0.2, -0.15) is 0 Å². The Morgan fingerprint density at radius 3 is 2.08 bits per heavy atom. The van der Waals surface area contributed by atoms with Crippen LogP contribution in [0.4, 0.5) is 5.69 Å². The van der Waals surface area contributed by atoms with E-state index in [1.165, 1.54) is 5.56 Å². The number of amides is 1. The van der Waals surface area contributed by atoms with E-state index in [2.05, 4.69) is 6.08 Å². The largest absolute Gasteiger partial charge is 0.276 e. The quantitative estimate of drug-likeness (QED) is 0.640. The van der Waals surface area contributed by atoms with Gasteiger partial charge in [-0.05, 0) is 36.8 Å². The number of hydrogen-bond donors (Lipinski definition) is 0. The number of aryl methyl sites for hydroxylation is 1. The van der Waals surface area contributed by atoms with Crippen molar-refractivity contribution >= 4 is 23.4 Å². The van der Waals surface area contributed by atoms with Crippen molar-refractivity contribution < 1.29 is 4.79 Å². The number of carbonyl (C=O) groups is 1. The SMILES string of the molecule is Cc1ccc(N2C(=O)c3ccccc3/C2=C\c2ccccc2)cc1. The lowest BCUT2D eigenvalue weighted by molar-refractivity contribution is 0.101. The highest BCUT2D eigenvalue weighted by atomic mass is 16.2. The van der Waals surface area contributed by atoms with Gasteiger partial charge in [-0.15, -0.1) is 0 Å². The Bertz CT molecular complexity index is 924. The minimum Gasteiger partial charge on any atom is -0.276 e. The molecule has 2 heteroatoms. The number of rotatable bonds is 2. The summed E-state index contributed by atoms with van der Waals surface area (Å²) in [6, 6.07) is 26.0. The van der Waals surface area contributed by atoms with Gasteiger partial charge in [-0.25, -0.2) is 0 Å². The van der Waals surface area contributed by atoms with E-state index in [0.29, 0.717) is 0 Å². The summed E-state index contributed by atoms with van der Waals surface area (Å²) in [5.41, 5.74) is 5.80. The molecule has 0 aromatic heterocycles. The molecule has 0 aliphatic carbocycles. The molecule has 0 N–H and O–H groups in total. The van der Waals surface area contributed by atoms with Gasteiger partial charge >= 0.3 is 0 Å². The number of anilines is 1. The minimum absolute atomic E-state index is 0.0247. The highest BCUT2D eigenvalue weighted by Gasteiger charge is 2.32. The zero-order chi connectivity index (χ0) is 16.5. The Morgan fingerprint density at radius 1 is 0.750 bits per heavy atom. The third-order valence-corrected chi connectivity index (χ3v) is 4.27. The number of fused-ring (bicyclic) bond motifs is 1. The highest BCUT2D eigenvalue weighted by Crippen LogP contribution is 2.37. The summed E-state index contributed by atoms with van der Waals surface area (Å²) >= 11 is 0. The summed E-state index contributed by atoms with van der Waals surface area (Å²) in [5.74, 6) is 0.0247. The van der Waals surface area contributed by atoms with E-state index in [0.717, 1.165) is 28.1 Å². The first-order valence-electron chi connectivity index (χ1n) is 8.01. The fourth-order valence-corrected chi connectivity index (χ4v) is 3.04. The molecule has 1 aliphatic rings. The maximum absolute atomic E-state index is 13.0. The Balaban J connectivity index is 1.90. The van der Waals surface area contributed by atoms with Gasteiger partial charge in [0.1, 0.15) is 0 Å². The van der Waals surface area contributed by atoms with Crippen LogP contribution in [0.5, 0.6) is 0 Å². The van der Waals surface area contributed by atoms with E-state index in [4.69, 9.17) is 0 Å². The Hall–Kier alpha value is -3.13. The molecule has 2 nitrogen and oxygen atoms in total. The minimum atomic E-state index is 0.0247. The fourth-order valence-electron chi connectivity index (χ4n) is 3.04. The summed E-state index contributed by atoms with van der Waals surface area (Å²) in [5, 5.41) is 0. The average Bonchev–Trinajstić information content (AvgIpc) is 2.89. The Morgan fingerprint density at radius 2 is 1.38 bits per heavy atom. The van der Waals surface area contributed by atoms with Crippen LogP contribution in [-0.2, 0) is 0 Å². The Labute approximate surface area is 141 Å². The van der Waals surface area contributed by atoms with Gasteiger partial charge in [-0.3, -0.25) is 9.69 Å². The third-order valence-electron chi connectivity index (χ3n) is 4.27. The molecule has 0 unspecified atom stereocenters. The van der Waals surface area contributed by atoms with Gasteiger partial charge in [0.15, 0.2) is 0 Å². The second-order valence-corrected chi connectivity index (χ2v) is 5.96. The summed E-state index contributed by atoms with van der Waals surface area (Å²) in [7, 11) is 0. The van der Waals surface area contributed by atoms with E-state index in [1.807, 2.05) is 85.8 Å². The molecule has 3 aromatic rings. The highest BCUT2D eigenvalue weighted by molar-refractivity contribution is 6.24. The molecule has 0 radical (unpaired) electrons. The van der Waals surface area contributed by atoms with Crippen molar-refractivity contribution in [2.45, 2.75) is 6.92 Å². The van der Waals surface area contributed by atoms with E-state index in [-0.39, 0.29) is 5.91 Å². The van der Waals surface area contributed by atoms with Gasteiger partial charge in [0.25, 0.3) is 5.91 Å². The van der Waals surface area contributed by atoms with Crippen LogP contribution >= 0.6 is 0 Å². The molecule has 0 bridgehead atoms. The molecule has 24 heavy (non-hydrogen) atoms. The fraction of sp³-hybridized carbons (Fsp3) is 0.0455. The standard InChI is InChI=1S/C22H17NO/c1-16-11-13-18(14-12-16)23-21(15-17-7-3-2-4-8-17)19-9-5-6-10-20(19)22(23)24/h2-15H,1H3/b21-15+. The van der Waals surface area contributed by atoms with Gasteiger partial charge in [0, 0.05) is 16.8 Å². The zero-order valence-corrected chi connectivity index (χ0v) is 13.4. The van der Waals surface area contributed by atoms with Crippen LogP contribution in [-0.4, -0.2) is 5.91 Å². The van der Waals surface area contributed by atoms with Crippen LogP contribution in [0.2, 0.25) is 0 Å². The maximum atomic E-state index is 13.0. The number of hydrogen-bond acceptors (Lipinski definition) is 1. The first kappa shape index (κ1) is 14.5. The molecule has 1 amide bonds. The molecule has 0 fully saturated rings. The lowest BCUT2D eigenvalue weighted by Crippen LogP contribution is -2.22. The molecular formula is C22H17NO. The third kappa shape index (κ3) is 2.42. The first-order chi connectivity index (χ1) is 11.7. The van der Waals surface area contributed by atoms with Crippen LogP contribution in [0.25, 0.3) is 11.8 Å². The summed E-state index contributed by atoms with van der Waals surface area (Å²) in [6.45, 7) is 2.05. The molecule has 116 valence electrons. The van der Waals surface area contributed by atoms with Crippen molar-refractivity contribution in [3.05, 3.63) is 101 Å². The zero-order valence-electron chi connectivity index (χ0n) is 13.4. The van der Waals surface area contributed by atoms with Crippen molar-refractivity contribution in [2.75, 3.05) is 4.90 Å². The number of nitrogens with zero attached hydrogens (tertiary/aromatic N) is 1. The Kier molecular flexibility index (Phi) is 3.51. The molecule has 0 saturated carbocycles. The number of carbonyl (C=O) groups excluding carboxylic acids is 1. The van der Waals surface area contributed by atoms with Crippen LogP contribution in [0.15, 0.2) is 78.9 Å². The molecule has 3 aromatic carbocycles. The van der Waals surface area contributed by atoms with Crippen molar-refractivity contribution in [3.63, 3.8) is 0 Å². The monoisotopic (exact) mass is 311 g/mol. The van der Waals surface area contributed by atoms with E-state index >= 15 is 0 Å². The average molecular weight is 311 g/mol. The summed E-state index contributed by atoms with van der Waals surface area (Å²) in [4.78, 5) is 14.8. The van der Waals surface area contributed by atoms with Gasteiger partial charge < -0.3 is 0 Å². The maximum Gasteiger partial charge on any atom is 0.263 e. The first-order valence-corrected chi connectivity index (χ1v) is 8.01. The van der Waals surface area contributed by atoms with Gasteiger partial charge in [-0.1, -0.05) is 66.2 Å². The molecule has 0 spiro atoms. The second kappa shape index (κ2) is 5.82. The lowest BCUT2D eigenvalue weighted by atomic mass is 10.1. The number of benzene rings is 3. The summed E-state index contributed by atoms with van der Waals surface area (Å²) < 4.78 is 0. The lowest BCUT2D eigenvalue weighted by Gasteiger charge is -2.19. The molecule has 1 heterocycles. The van der Waals surface area contributed by atoms with Gasteiger partial charge in [0.05, 0.1) is 5.70 Å². The van der Waals surface area contributed by atoms with E-state index in [9.17, 15) is 4.79 Å². The van der Waals surface area contributed by atoms with Crippen molar-refractivity contribution in [1.82, 2.24) is 0 Å². The molecule has 0 atom stereocenters. The van der Waals surface area contributed by atoms with Crippen LogP contribution in [0.3, 0.4) is 0 Å². The van der Waals surface area contributed by atoms with Crippen molar-refractivity contribution in [1.29, 1.82) is 0 Å². The smallest absolute Gasteiger partial charge is 0.263 e. The van der Waals surface area contributed by atoms with Gasteiger partial charge in [0.2, 0.25) is 0 Å². The topological polar surface area (TPSA) is 20.3 Å². The predicted octanol–water partition coefficient (Wildman–Crippen LogP) is 5.15. The molecule has 4 rings (SSSR count). The van der Waals surface area contributed by atoms with E-state index in [1.54, 1.807) is 4.90 Å². The normalized spacial score (nSPS) is 15.0. The molecule has 1 aliphatic heterocycles. The van der Waals surface area contributed by atoms with Crippen LogP contribution in [0.1, 0.15) is 27.0 Å². The van der Waals surface area contributed by atoms with Crippen molar-refractivity contribution in [2.24, 2.45) is 0 Å². The summed E-state index contributed by atoms with van der Waals surface area (Å²) in [6.07, 6.45) is 2.07. The van der Waals surface area contributed by atoms with Crippen LogP contribution < -0.4 is 4.90 Å². The van der Waals surface area contributed by atoms with Crippen LogP contribution in [0, 0.1) is 6.92 Å².